The zero-order chi connectivity index (χ0) is 15.0. The highest BCUT2D eigenvalue weighted by atomic mass is 16.4. The molecule has 2 saturated carbocycles. The van der Waals surface area contributed by atoms with Crippen molar-refractivity contribution in [2.45, 2.75) is 70.9 Å². The SMILES string of the molecule is CC1C(NCC2(O)CCCC2)CCC(C(=O)O)C1(C)C. The molecule has 0 aliphatic heterocycles. The molecule has 116 valence electrons. The van der Waals surface area contributed by atoms with Gasteiger partial charge in [-0.2, -0.15) is 0 Å². The third-order valence-electron chi connectivity index (χ3n) is 5.97. The van der Waals surface area contributed by atoms with Crippen molar-refractivity contribution in [1.29, 1.82) is 0 Å². The van der Waals surface area contributed by atoms with Gasteiger partial charge in [0, 0.05) is 12.6 Å². The first kappa shape index (κ1) is 15.8. The van der Waals surface area contributed by atoms with Crippen LogP contribution in [0.4, 0.5) is 0 Å². The molecule has 0 amide bonds. The molecular weight excluding hydrogens is 254 g/mol. The molecule has 0 aromatic rings. The van der Waals surface area contributed by atoms with Crippen LogP contribution in [0, 0.1) is 17.3 Å². The predicted octanol–water partition coefficient (Wildman–Crippen LogP) is 2.41. The Bertz CT molecular complexity index is 361. The lowest BCUT2D eigenvalue weighted by molar-refractivity contribution is -0.150. The Balaban J connectivity index is 1.95. The second-order valence-corrected chi connectivity index (χ2v) is 7.50. The summed E-state index contributed by atoms with van der Waals surface area (Å²) < 4.78 is 0. The normalized spacial score (nSPS) is 35.9. The van der Waals surface area contributed by atoms with E-state index in [1.54, 1.807) is 0 Å². The number of aliphatic hydroxyl groups is 1. The summed E-state index contributed by atoms with van der Waals surface area (Å²) in [5, 5.41) is 23.3. The van der Waals surface area contributed by atoms with Crippen molar-refractivity contribution in [1.82, 2.24) is 5.32 Å². The predicted molar refractivity (Wildman–Crippen MR) is 78.5 cm³/mol. The molecule has 0 saturated heterocycles. The number of hydrogen-bond acceptors (Lipinski definition) is 3. The molecule has 0 spiro atoms. The van der Waals surface area contributed by atoms with Gasteiger partial charge in [0.2, 0.25) is 0 Å². The maximum absolute atomic E-state index is 11.4. The summed E-state index contributed by atoms with van der Waals surface area (Å²) in [6.07, 6.45) is 5.63. The number of aliphatic carboxylic acids is 1. The number of carbonyl (C=O) groups is 1. The Hall–Kier alpha value is -0.610. The molecule has 4 heteroatoms. The van der Waals surface area contributed by atoms with E-state index in [0.29, 0.717) is 18.5 Å². The smallest absolute Gasteiger partial charge is 0.307 e. The molecular formula is C16H29NO3. The van der Waals surface area contributed by atoms with E-state index < -0.39 is 11.6 Å². The highest BCUT2D eigenvalue weighted by Crippen LogP contribution is 2.45. The van der Waals surface area contributed by atoms with Gasteiger partial charge in [-0.25, -0.2) is 0 Å². The summed E-state index contributed by atoms with van der Waals surface area (Å²) in [5.74, 6) is -0.637. The summed E-state index contributed by atoms with van der Waals surface area (Å²) >= 11 is 0. The molecule has 0 aromatic carbocycles. The van der Waals surface area contributed by atoms with E-state index in [2.05, 4.69) is 26.1 Å². The molecule has 0 radical (unpaired) electrons. The summed E-state index contributed by atoms with van der Waals surface area (Å²) in [6, 6.07) is 0.310. The molecule has 2 aliphatic carbocycles. The monoisotopic (exact) mass is 283 g/mol. The Labute approximate surface area is 122 Å². The highest BCUT2D eigenvalue weighted by Gasteiger charge is 2.46. The number of carboxylic acid groups (broad SMARTS) is 1. The molecule has 3 atom stereocenters. The number of rotatable bonds is 4. The Morgan fingerprint density at radius 2 is 1.85 bits per heavy atom. The van der Waals surface area contributed by atoms with Crippen LogP contribution in [-0.4, -0.2) is 34.4 Å². The fourth-order valence-corrected chi connectivity index (χ4v) is 4.06. The molecule has 4 nitrogen and oxygen atoms in total. The topological polar surface area (TPSA) is 69.6 Å². The van der Waals surface area contributed by atoms with Gasteiger partial charge in [0.05, 0.1) is 11.5 Å². The van der Waals surface area contributed by atoms with Crippen LogP contribution >= 0.6 is 0 Å². The van der Waals surface area contributed by atoms with Crippen LogP contribution in [0.15, 0.2) is 0 Å². The van der Waals surface area contributed by atoms with Crippen LogP contribution in [0.5, 0.6) is 0 Å². The van der Waals surface area contributed by atoms with Gasteiger partial charge in [0.25, 0.3) is 0 Å². The minimum absolute atomic E-state index is 0.208. The van der Waals surface area contributed by atoms with Gasteiger partial charge in [-0.1, -0.05) is 33.6 Å². The van der Waals surface area contributed by atoms with Gasteiger partial charge in [-0.3, -0.25) is 4.79 Å². The molecule has 2 fully saturated rings. The molecule has 20 heavy (non-hydrogen) atoms. The van der Waals surface area contributed by atoms with Crippen molar-refractivity contribution in [3.05, 3.63) is 0 Å². The highest BCUT2D eigenvalue weighted by molar-refractivity contribution is 5.71. The van der Waals surface area contributed by atoms with Crippen molar-refractivity contribution < 1.29 is 15.0 Å². The number of carboxylic acids is 1. The Kier molecular flexibility index (Phi) is 4.45. The molecule has 0 bridgehead atoms. The van der Waals surface area contributed by atoms with E-state index in [0.717, 1.165) is 38.5 Å². The maximum Gasteiger partial charge on any atom is 0.307 e. The quantitative estimate of drug-likeness (QED) is 0.741. The molecule has 0 heterocycles. The summed E-state index contributed by atoms with van der Waals surface area (Å²) in [6.45, 7) is 6.92. The lowest BCUT2D eigenvalue weighted by Gasteiger charge is -2.47. The second-order valence-electron chi connectivity index (χ2n) is 7.50. The van der Waals surface area contributed by atoms with Crippen molar-refractivity contribution in [2.75, 3.05) is 6.54 Å². The molecule has 3 unspecified atom stereocenters. The first-order chi connectivity index (χ1) is 9.26. The molecule has 2 rings (SSSR count). The van der Waals surface area contributed by atoms with Crippen LogP contribution in [-0.2, 0) is 4.79 Å². The van der Waals surface area contributed by atoms with E-state index >= 15 is 0 Å². The van der Waals surface area contributed by atoms with Crippen molar-refractivity contribution in [3.63, 3.8) is 0 Å². The van der Waals surface area contributed by atoms with E-state index in [-0.39, 0.29) is 11.3 Å². The van der Waals surface area contributed by atoms with Gasteiger partial charge < -0.3 is 15.5 Å². The van der Waals surface area contributed by atoms with E-state index in [1.807, 2.05) is 0 Å². The third-order valence-corrected chi connectivity index (χ3v) is 5.97. The maximum atomic E-state index is 11.4. The number of hydrogen-bond donors (Lipinski definition) is 3. The van der Waals surface area contributed by atoms with Crippen LogP contribution in [0.2, 0.25) is 0 Å². The second kappa shape index (κ2) is 5.64. The van der Waals surface area contributed by atoms with E-state index in [1.165, 1.54) is 0 Å². The van der Waals surface area contributed by atoms with Gasteiger partial charge in [-0.15, -0.1) is 0 Å². The van der Waals surface area contributed by atoms with Gasteiger partial charge in [0.1, 0.15) is 0 Å². The first-order valence-corrected chi connectivity index (χ1v) is 7.95. The van der Waals surface area contributed by atoms with Crippen LogP contribution in [0.25, 0.3) is 0 Å². The first-order valence-electron chi connectivity index (χ1n) is 7.95. The van der Waals surface area contributed by atoms with Crippen molar-refractivity contribution in [2.24, 2.45) is 17.3 Å². The minimum atomic E-state index is -0.672. The molecule has 0 aromatic heterocycles. The zero-order valence-corrected chi connectivity index (χ0v) is 13.0. The lowest BCUT2D eigenvalue weighted by Crippen LogP contribution is -2.53. The van der Waals surface area contributed by atoms with Gasteiger partial charge in [0.15, 0.2) is 0 Å². The van der Waals surface area contributed by atoms with E-state index in [4.69, 9.17) is 0 Å². The third kappa shape index (κ3) is 3.01. The number of nitrogens with one attached hydrogen (secondary N) is 1. The average molecular weight is 283 g/mol. The fraction of sp³-hybridized carbons (Fsp3) is 0.938. The Morgan fingerprint density at radius 3 is 2.40 bits per heavy atom. The van der Waals surface area contributed by atoms with Gasteiger partial charge >= 0.3 is 5.97 Å². The summed E-state index contributed by atoms with van der Waals surface area (Å²) in [4.78, 5) is 11.4. The minimum Gasteiger partial charge on any atom is -0.481 e. The van der Waals surface area contributed by atoms with Gasteiger partial charge in [-0.05, 0) is 37.0 Å². The summed E-state index contributed by atoms with van der Waals surface area (Å²) in [7, 11) is 0. The largest absolute Gasteiger partial charge is 0.481 e. The van der Waals surface area contributed by atoms with Crippen molar-refractivity contribution in [3.8, 4) is 0 Å². The fourth-order valence-electron chi connectivity index (χ4n) is 4.06. The Morgan fingerprint density at radius 1 is 1.25 bits per heavy atom. The molecule has 2 aliphatic rings. The van der Waals surface area contributed by atoms with Crippen molar-refractivity contribution >= 4 is 5.97 Å². The van der Waals surface area contributed by atoms with Crippen LogP contribution in [0.1, 0.15) is 59.3 Å². The van der Waals surface area contributed by atoms with E-state index in [9.17, 15) is 15.0 Å². The zero-order valence-electron chi connectivity index (χ0n) is 13.0. The standard InChI is InChI=1S/C16H29NO3/c1-11-13(17-10-16(20)8-4-5-9-16)7-6-12(14(18)19)15(11,2)3/h11-13,17,20H,4-10H2,1-3H3,(H,18,19). The van der Waals surface area contributed by atoms with Crippen LogP contribution < -0.4 is 5.32 Å². The summed E-state index contributed by atoms with van der Waals surface area (Å²) in [5.41, 5.74) is -0.743. The average Bonchev–Trinajstić information content (AvgIpc) is 2.78. The molecule has 3 N–H and O–H groups in total. The lowest BCUT2D eigenvalue weighted by atomic mass is 9.61. The van der Waals surface area contributed by atoms with Crippen LogP contribution in [0.3, 0.4) is 0 Å².